The van der Waals surface area contributed by atoms with Crippen LogP contribution in [0.5, 0.6) is 0 Å². The SMILES string of the molecule is F[B-](F)(F)F.[NH3+][C@H]1c2ccccc2C[C@@H]1P(c1ccccc1)c1ccccc1. The van der Waals surface area contributed by atoms with E-state index in [-0.39, 0.29) is 0 Å². The standard InChI is InChI=1S/C21H20NP.BF4/c22-21-19-14-8-7-9-16(19)15-20(21)23(17-10-3-1-4-11-17)18-12-5-2-6-13-18;2-1(3,4)5/h1-14,20-21H,15,22H2;/q;-1/p+1/t20-,21-;/m0./s1. The highest BCUT2D eigenvalue weighted by molar-refractivity contribution is 7.73. The van der Waals surface area contributed by atoms with E-state index in [0.29, 0.717) is 11.7 Å². The molecule has 146 valence electrons. The van der Waals surface area contributed by atoms with Gasteiger partial charge in [0.05, 0.1) is 0 Å². The van der Waals surface area contributed by atoms with Crippen molar-refractivity contribution in [1.29, 1.82) is 0 Å². The molecule has 3 aromatic rings. The van der Waals surface area contributed by atoms with Crippen molar-refractivity contribution >= 4 is 25.8 Å². The van der Waals surface area contributed by atoms with Crippen molar-refractivity contribution in [2.45, 2.75) is 18.1 Å². The van der Waals surface area contributed by atoms with Gasteiger partial charge in [-0.1, -0.05) is 84.9 Å². The number of hydrogen-bond donors (Lipinski definition) is 1. The maximum absolute atomic E-state index is 9.75. The summed E-state index contributed by atoms with van der Waals surface area (Å²) in [4.78, 5) is 0. The molecule has 1 aliphatic carbocycles. The van der Waals surface area contributed by atoms with E-state index in [2.05, 4.69) is 90.7 Å². The molecule has 0 heterocycles. The zero-order chi connectivity index (χ0) is 20.1. The lowest BCUT2D eigenvalue weighted by Gasteiger charge is -2.26. The molecule has 28 heavy (non-hydrogen) atoms. The minimum Gasteiger partial charge on any atom is -0.418 e. The molecule has 3 N–H and O–H groups in total. The van der Waals surface area contributed by atoms with Gasteiger partial charge in [-0.15, -0.1) is 0 Å². The monoisotopic (exact) mass is 405 g/mol. The van der Waals surface area contributed by atoms with Crippen molar-refractivity contribution in [3.63, 3.8) is 0 Å². The van der Waals surface area contributed by atoms with E-state index in [0.717, 1.165) is 6.42 Å². The topological polar surface area (TPSA) is 27.6 Å². The van der Waals surface area contributed by atoms with Crippen LogP contribution in [0.1, 0.15) is 17.2 Å². The highest BCUT2D eigenvalue weighted by atomic mass is 31.1. The molecule has 1 aliphatic rings. The van der Waals surface area contributed by atoms with Gasteiger partial charge in [0.2, 0.25) is 0 Å². The van der Waals surface area contributed by atoms with Crippen LogP contribution in [0.3, 0.4) is 0 Å². The Hall–Kier alpha value is -2.17. The lowest BCUT2D eigenvalue weighted by molar-refractivity contribution is -0.423. The van der Waals surface area contributed by atoms with Crippen LogP contribution in [-0.2, 0) is 6.42 Å². The van der Waals surface area contributed by atoms with Crippen LogP contribution in [0.2, 0.25) is 0 Å². The van der Waals surface area contributed by atoms with Crippen LogP contribution in [0.25, 0.3) is 0 Å². The Morgan fingerprint density at radius 2 is 1.14 bits per heavy atom. The molecule has 1 nitrogen and oxygen atoms in total. The molecule has 0 saturated carbocycles. The van der Waals surface area contributed by atoms with Crippen molar-refractivity contribution < 1.29 is 23.0 Å². The Bertz CT molecular complexity index is 844. The molecule has 0 unspecified atom stereocenters. The smallest absolute Gasteiger partial charge is 0.418 e. The lowest BCUT2D eigenvalue weighted by atomic mass is 10.1. The van der Waals surface area contributed by atoms with Gasteiger partial charge in [-0.3, -0.25) is 0 Å². The van der Waals surface area contributed by atoms with E-state index in [1.165, 1.54) is 21.7 Å². The molecule has 0 radical (unpaired) electrons. The largest absolute Gasteiger partial charge is 0.673 e. The third-order valence-corrected chi connectivity index (χ3v) is 7.66. The number of quaternary nitrogens is 1. The van der Waals surface area contributed by atoms with E-state index >= 15 is 0 Å². The van der Waals surface area contributed by atoms with Crippen molar-refractivity contribution in [3.05, 3.63) is 96.1 Å². The average molecular weight is 405 g/mol. The van der Waals surface area contributed by atoms with Crippen LogP contribution < -0.4 is 16.3 Å². The van der Waals surface area contributed by atoms with Crippen LogP contribution in [-0.4, -0.2) is 12.9 Å². The summed E-state index contributed by atoms with van der Waals surface area (Å²) in [5, 5.41) is 2.92. The molecule has 0 saturated heterocycles. The first kappa shape index (κ1) is 20.6. The Morgan fingerprint density at radius 1 is 0.714 bits per heavy atom. The molecule has 0 amide bonds. The zero-order valence-corrected chi connectivity index (χ0v) is 16.1. The van der Waals surface area contributed by atoms with Crippen LogP contribution in [0.15, 0.2) is 84.9 Å². The van der Waals surface area contributed by atoms with E-state index in [1.807, 2.05) is 0 Å². The summed E-state index contributed by atoms with van der Waals surface area (Å²) in [7, 11) is -6.40. The van der Waals surface area contributed by atoms with Gasteiger partial charge in [0.25, 0.3) is 0 Å². The number of hydrogen-bond acceptors (Lipinski definition) is 0. The Balaban J connectivity index is 0.000000403. The molecular formula is C21H21BF4NP. The third kappa shape index (κ3) is 5.21. The van der Waals surface area contributed by atoms with Gasteiger partial charge in [0.15, 0.2) is 0 Å². The minimum atomic E-state index is -6.00. The maximum atomic E-state index is 9.75. The Labute approximate surface area is 163 Å². The van der Waals surface area contributed by atoms with Gasteiger partial charge in [0, 0.05) is 11.2 Å². The molecule has 0 spiro atoms. The van der Waals surface area contributed by atoms with Crippen molar-refractivity contribution in [2.75, 3.05) is 0 Å². The molecule has 0 bridgehead atoms. The van der Waals surface area contributed by atoms with E-state index in [4.69, 9.17) is 0 Å². The predicted octanol–water partition coefficient (Wildman–Crippen LogP) is 4.33. The van der Waals surface area contributed by atoms with Crippen molar-refractivity contribution in [2.24, 2.45) is 0 Å². The van der Waals surface area contributed by atoms with E-state index < -0.39 is 15.2 Å². The number of fused-ring (bicyclic) bond motifs is 1. The summed E-state index contributed by atoms with van der Waals surface area (Å²) >= 11 is 0. The second kappa shape index (κ2) is 8.89. The van der Waals surface area contributed by atoms with E-state index in [9.17, 15) is 17.3 Å². The quantitative estimate of drug-likeness (QED) is 0.382. The van der Waals surface area contributed by atoms with E-state index in [1.54, 1.807) is 0 Å². The highest BCUT2D eigenvalue weighted by Gasteiger charge is 2.39. The van der Waals surface area contributed by atoms with Gasteiger partial charge < -0.3 is 23.0 Å². The molecule has 3 aromatic carbocycles. The van der Waals surface area contributed by atoms with Crippen LogP contribution >= 0.6 is 7.92 Å². The van der Waals surface area contributed by atoms with Crippen molar-refractivity contribution in [3.8, 4) is 0 Å². The summed E-state index contributed by atoms with van der Waals surface area (Å²) < 4.78 is 39.0. The van der Waals surface area contributed by atoms with Gasteiger partial charge >= 0.3 is 7.25 Å². The van der Waals surface area contributed by atoms with Gasteiger partial charge in [0.1, 0.15) is 6.04 Å². The van der Waals surface area contributed by atoms with Crippen LogP contribution in [0, 0.1) is 0 Å². The van der Waals surface area contributed by atoms with Crippen LogP contribution in [0.4, 0.5) is 17.3 Å². The normalized spacial score (nSPS) is 18.4. The fourth-order valence-corrected chi connectivity index (χ4v) is 6.59. The molecule has 2 atom stereocenters. The molecular weight excluding hydrogens is 384 g/mol. The van der Waals surface area contributed by atoms with Crippen molar-refractivity contribution in [1.82, 2.24) is 0 Å². The zero-order valence-electron chi connectivity index (χ0n) is 15.2. The minimum absolute atomic E-state index is 0.373. The Morgan fingerprint density at radius 3 is 1.61 bits per heavy atom. The lowest BCUT2D eigenvalue weighted by Crippen LogP contribution is -2.57. The first-order valence-electron chi connectivity index (χ1n) is 9.02. The maximum Gasteiger partial charge on any atom is 0.673 e. The van der Waals surface area contributed by atoms with Gasteiger partial charge in [-0.2, -0.15) is 0 Å². The molecule has 0 aromatic heterocycles. The first-order chi connectivity index (χ1) is 13.3. The second-order valence-corrected chi connectivity index (χ2v) is 9.05. The fraction of sp³-hybridized carbons (Fsp3) is 0.143. The predicted molar refractivity (Wildman–Crippen MR) is 109 cm³/mol. The molecule has 7 heteroatoms. The summed E-state index contributed by atoms with van der Waals surface area (Å²) in [6.07, 6.45) is 1.14. The molecule has 0 fully saturated rings. The fourth-order valence-electron chi connectivity index (χ4n) is 3.64. The van der Waals surface area contributed by atoms with Gasteiger partial charge in [-0.05, 0) is 30.5 Å². The summed E-state index contributed by atoms with van der Waals surface area (Å²) in [5.41, 5.74) is 8.05. The number of halogens is 4. The summed E-state index contributed by atoms with van der Waals surface area (Å²) in [6.45, 7) is 0. The van der Waals surface area contributed by atoms with Gasteiger partial charge in [-0.25, -0.2) is 0 Å². The Kier molecular flexibility index (Phi) is 6.53. The second-order valence-electron chi connectivity index (χ2n) is 6.61. The third-order valence-electron chi connectivity index (χ3n) is 4.75. The first-order valence-corrected chi connectivity index (χ1v) is 10.4. The molecule has 0 aliphatic heterocycles. The summed E-state index contributed by atoms with van der Waals surface area (Å²) in [6, 6.07) is 31.2. The average Bonchev–Trinajstić information content (AvgIpc) is 2.99. The number of benzene rings is 3. The highest BCUT2D eigenvalue weighted by Crippen LogP contribution is 2.49. The number of rotatable bonds is 3. The molecule has 4 rings (SSSR count). The summed E-state index contributed by atoms with van der Waals surface area (Å²) in [5.74, 6) is 0.